The van der Waals surface area contributed by atoms with Gasteiger partial charge < -0.3 is 10.5 Å². The molecule has 0 aliphatic carbocycles. The van der Waals surface area contributed by atoms with Gasteiger partial charge in [0, 0.05) is 0 Å². The number of thioether (sulfide) groups is 1. The molecule has 0 aromatic carbocycles. The van der Waals surface area contributed by atoms with Crippen molar-refractivity contribution < 1.29 is 9.53 Å². The third-order valence-corrected chi connectivity index (χ3v) is 2.24. The summed E-state index contributed by atoms with van der Waals surface area (Å²) in [6.07, 6.45) is 5.68. The quantitative estimate of drug-likeness (QED) is 0.389. The van der Waals surface area contributed by atoms with Crippen molar-refractivity contribution in [2.45, 2.75) is 19.4 Å². The topological polar surface area (TPSA) is 52.3 Å². The molecule has 0 saturated heterocycles. The molecule has 0 aromatic heterocycles. The average Bonchev–Trinajstić information content (AvgIpc) is 2.12. The Labute approximate surface area is 83.4 Å². The van der Waals surface area contributed by atoms with Crippen LogP contribution in [0.15, 0.2) is 0 Å². The summed E-state index contributed by atoms with van der Waals surface area (Å²) in [6, 6.07) is -0.509. The average molecular weight is 201 g/mol. The Morgan fingerprint density at radius 2 is 2.46 bits per heavy atom. The fourth-order valence-corrected chi connectivity index (χ4v) is 1.39. The predicted octanol–water partition coefficient (Wildman–Crippen LogP) is 0.633. The highest BCUT2D eigenvalue weighted by molar-refractivity contribution is 7.99. The lowest BCUT2D eigenvalue weighted by molar-refractivity contribution is -0.144. The second kappa shape index (κ2) is 7.96. The first-order chi connectivity index (χ1) is 6.22. The highest BCUT2D eigenvalue weighted by Gasteiger charge is 2.13. The molecule has 3 nitrogen and oxygen atoms in total. The Hall–Kier alpha value is -0.660. The van der Waals surface area contributed by atoms with E-state index in [0.29, 0.717) is 18.8 Å². The molecule has 0 heterocycles. The van der Waals surface area contributed by atoms with Gasteiger partial charge in [0.1, 0.15) is 6.04 Å². The Balaban J connectivity index is 3.45. The lowest BCUT2D eigenvalue weighted by Gasteiger charge is -2.08. The number of esters is 1. The number of hydrogen-bond acceptors (Lipinski definition) is 4. The van der Waals surface area contributed by atoms with E-state index < -0.39 is 6.04 Å². The Kier molecular flexibility index (Phi) is 7.56. The maximum absolute atomic E-state index is 11.0. The minimum absolute atomic E-state index is 0.330. The van der Waals surface area contributed by atoms with E-state index in [-0.39, 0.29) is 5.97 Å². The zero-order chi connectivity index (χ0) is 10.1. The van der Waals surface area contributed by atoms with Crippen LogP contribution in [0.3, 0.4) is 0 Å². The minimum Gasteiger partial charge on any atom is -0.465 e. The summed E-state index contributed by atoms with van der Waals surface area (Å²) in [5, 5.41) is 0. The maximum atomic E-state index is 11.0. The highest BCUT2D eigenvalue weighted by Crippen LogP contribution is 2.03. The van der Waals surface area contributed by atoms with E-state index in [1.165, 1.54) is 0 Å². The van der Waals surface area contributed by atoms with Crippen LogP contribution in [0.5, 0.6) is 0 Å². The van der Waals surface area contributed by atoms with Crippen LogP contribution in [0.4, 0.5) is 0 Å². The van der Waals surface area contributed by atoms with Crippen molar-refractivity contribution in [1.29, 1.82) is 0 Å². The molecule has 0 spiro atoms. The van der Waals surface area contributed by atoms with E-state index >= 15 is 0 Å². The van der Waals surface area contributed by atoms with Crippen LogP contribution in [-0.2, 0) is 9.53 Å². The molecule has 0 bridgehead atoms. The molecule has 0 aliphatic rings. The molecule has 1 atom stereocenters. The zero-order valence-corrected chi connectivity index (χ0v) is 8.60. The fraction of sp³-hybridized carbons (Fsp3) is 0.667. The van der Waals surface area contributed by atoms with Gasteiger partial charge in [-0.15, -0.1) is 18.2 Å². The van der Waals surface area contributed by atoms with Crippen molar-refractivity contribution in [1.82, 2.24) is 0 Å². The van der Waals surface area contributed by atoms with E-state index in [4.69, 9.17) is 16.9 Å². The monoisotopic (exact) mass is 201 g/mol. The summed E-state index contributed by atoms with van der Waals surface area (Å²) in [7, 11) is 0. The van der Waals surface area contributed by atoms with Gasteiger partial charge in [0.25, 0.3) is 0 Å². The van der Waals surface area contributed by atoms with Gasteiger partial charge in [0.05, 0.1) is 12.4 Å². The fourth-order valence-electron chi connectivity index (χ4n) is 0.709. The van der Waals surface area contributed by atoms with Crippen LogP contribution < -0.4 is 5.73 Å². The van der Waals surface area contributed by atoms with Crippen LogP contribution in [0.25, 0.3) is 0 Å². The van der Waals surface area contributed by atoms with Gasteiger partial charge in [-0.05, 0) is 19.1 Å². The smallest absolute Gasteiger partial charge is 0.322 e. The van der Waals surface area contributed by atoms with Gasteiger partial charge in [-0.1, -0.05) is 5.92 Å². The molecule has 13 heavy (non-hydrogen) atoms. The predicted molar refractivity (Wildman–Crippen MR) is 55.4 cm³/mol. The number of terminal acetylenes is 1. The standard InChI is InChI=1S/C9H15NO2S/c1-3-6-13-7-5-8(10)9(11)12-4-2/h1,8H,4-7,10H2,2H3. The van der Waals surface area contributed by atoms with Crippen molar-refractivity contribution in [3.05, 3.63) is 0 Å². The van der Waals surface area contributed by atoms with Gasteiger partial charge in [-0.25, -0.2) is 0 Å². The molecule has 2 N–H and O–H groups in total. The third-order valence-electron chi connectivity index (χ3n) is 1.35. The lowest BCUT2D eigenvalue weighted by Crippen LogP contribution is -2.32. The van der Waals surface area contributed by atoms with E-state index in [9.17, 15) is 4.79 Å². The largest absolute Gasteiger partial charge is 0.465 e. The summed E-state index contributed by atoms with van der Waals surface area (Å²) in [6.45, 7) is 2.14. The first-order valence-electron chi connectivity index (χ1n) is 4.15. The molecule has 4 heteroatoms. The van der Waals surface area contributed by atoms with E-state index in [0.717, 1.165) is 5.75 Å². The minimum atomic E-state index is -0.509. The highest BCUT2D eigenvalue weighted by atomic mass is 32.2. The van der Waals surface area contributed by atoms with E-state index in [2.05, 4.69) is 5.92 Å². The van der Waals surface area contributed by atoms with Crippen molar-refractivity contribution in [3.63, 3.8) is 0 Å². The van der Waals surface area contributed by atoms with Gasteiger partial charge in [0.2, 0.25) is 0 Å². The first-order valence-corrected chi connectivity index (χ1v) is 5.31. The van der Waals surface area contributed by atoms with Gasteiger partial charge in [-0.3, -0.25) is 4.79 Å². The number of rotatable bonds is 6. The molecule has 0 fully saturated rings. The van der Waals surface area contributed by atoms with Crippen LogP contribution in [0, 0.1) is 12.3 Å². The van der Waals surface area contributed by atoms with Gasteiger partial charge in [0.15, 0.2) is 0 Å². The van der Waals surface area contributed by atoms with Gasteiger partial charge in [-0.2, -0.15) is 0 Å². The normalized spacial score (nSPS) is 11.8. The molecule has 0 saturated carbocycles. The third kappa shape index (κ3) is 6.50. The number of ether oxygens (including phenoxy) is 1. The van der Waals surface area contributed by atoms with Crippen LogP contribution in [0.2, 0.25) is 0 Å². The number of nitrogens with two attached hydrogens (primary N) is 1. The summed E-state index contributed by atoms with van der Waals surface area (Å²) in [5.74, 6) is 3.63. The molecule has 74 valence electrons. The number of carbonyl (C=O) groups is 1. The molecule has 0 rings (SSSR count). The molecule has 1 unspecified atom stereocenters. The van der Waals surface area contributed by atoms with Crippen molar-refractivity contribution in [3.8, 4) is 12.3 Å². The van der Waals surface area contributed by atoms with Crippen molar-refractivity contribution in [2.24, 2.45) is 5.73 Å². The molecule has 0 radical (unpaired) electrons. The summed E-state index contributed by atoms with van der Waals surface area (Å²) in [4.78, 5) is 11.0. The molecular formula is C9H15NO2S. The van der Waals surface area contributed by atoms with Crippen molar-refractivity contribution in [2.75, 3.05) is 18.1 Å². The first kappa shape index (κ1) is 12.3. The second-order valence-corrected chi connectivity index (χ2v) is 3.51. The van der Waals surface area contributed by atoms with Crippen molar-refractivity contribution >= 4 is 17.7 Å². The Morgan fingerprint density at radius 3 is 3.00 bits per heavy atom. The molecule has 0 aliphatic heterocycles. The van der Waals surface area contributed by atoms with Crippen LogP contribution in [0.1, 0.15) is 13.3 Å². The summed E-state index contributed by atoms with van der Waals surface area (Å²) in [5.41, 5.74) is 5.55. The Bertz CT molecular complexity index is 189. The van der Waals surface area contributed by atoms with E-state index in [1.807, 2.05) is 0 Å². The molecular weight excluding hydrogens is 186 g/mol. The molecule has 0 aromatic rings. The lowest BCUT2D eigenvalue weighted by atomic mass is 10.2. The van der Waals surface area contributed by atoms with Gasteiger partial charge >= 0.3 is 5.97 Å². The van der Waals surface area contributed by atoms with Crippen LogP contribution in [-0.4, -0.2) is 30.1 Å². The molecule has 0 amide bonds. The Morgan fingerprint density at radius 1 is 1.77 bits per heavy atom. The summed E-state index contributed by atoms with van der Waals surface area (Å²) < 4.78 is 4.75. The number of hydrogen-bond donors (Lipinski definition) is 1. The second-order valence-electron chi connectivity index (χ2n) is 2.40. The van der Waals surface area contributed by atoms with E-state index in [1.54, 1.807) is 18.7 Å². The summed E-state index contributed by atoms with van der Waals surface area (Å²) >= 11 is 1.59. The number of carbonyl (C=O) groups excluding carboxylic acids is 1. The van der Waals surface area contributed by atoms with Crippen LogP contribution >= 0.6 is 11.8 Å². The maximum Gasteiger partial charge on any atom is 0.322 e. The SMILES string of the molecule is C#CCSCCC(N)C(=O)OCC. The zero-order valence-electron chi connectivity index (χ0n) is 7.79.